The van der Waals surface area contributed by atoms with Crippen LogP contribution in [0.1, 0.15) is 17.1 Å². The largest absolute Gasteiger partial charge is 0.233 e. The van der Waals surface area contributed by atoms with Gasteiger partial charge in [0, 0.05) is 11.6 Å². The van der Waals surface area contributed by atoms with E-state index in [-0.39, 0.29) is 11.5 Å². The van der Waals surface area contributed by atoms with E-state index in [1.165, 1.54) is 18.2 Å². The second kappa shape index (κ2) is 4.71. The lowest BCUT2D eigenvalue weighted by Gasteiger charge is -2.07. The number of benzene rings is 1. The summed E-state index contributed by atoms with van der Waals surface area (Å²) in [5.74, 6) is 0.0882. The zero-order valence-electron chi connectivity index (χ0n) is 9.83. The van der Waals surface area contributed by atoms with E-state index in [4.69, 9.17) is 16.9 Å². The second-order valence-electron chi connectivity index (χ2n) is 3.88. The highest BCUT2D eigenvalue weighted by atomic mass is 35.5. The summed E-state index contributed by atoms with van der Waals surface area (Å²) in [7, 11) is 0. The molecule has 0 amide bonds. The topological polar surface area (TPSA) is 49.6 Å². The van der Waals surface area contributed by atoms with Crippen molar-refractivity contribution in [3.63, 3.8) is 0 Å². The number of hydrogen-bond donors (Lipinski definition) is 0. The van der Waals surface area contributed by atoms with Crippen LogP contribution in [0.3, 0.4) is 0 Å². The maximum Gasteiger partial charge on any atom is 0.144 e. The van der Waals surface area contributed by atoms with Crippen LogP contribution in [0.4, 0.5) is 4.39 Å². The highest BCUT2D eigenvalue weighted by Crippen LogP contribution is 2.29. The first-order valence-corrected chi connectivity index (χ1v) is 5.61. The van der Waals surface area contributed by atoms with Gasteiger partial charge in [0.25, 0.3) is 0 Å². The van der Waals surface area contributed by atoms with Crippen LogP contribution in [0.2, 0.25) is 5.02 Å². The Hall–Kier alpha value is -1.99. The van der Waals surface area contributed by atoms with Crippen LogP contribution >= 0.6 is 11.6 Å². The average molecular weight is 262 g/mol. The molecule has 3 nitrogen and oxygen atoms in total. The van der Waals surface area contributed by atoms with Crippen molar-refractivity contribution in [2.45, 2.75) is 13.8 Å². The number of hydrogen-bond acceptors (Lipinski definition) is 3. The molecule has 0 fully saturated rings. The molecule has 0 aliphatic heterocycles. The number of nitriles is 1. The molecule has 0 radical (unpaired) electrons. The van der Waals surface area contributed by atoms with E-state index >= 15 is 0 Å². The molecule has 0 unspecified atom stereocenters. The van der Waals surface area contributed by atoms with Gasteiger partial charge in [-0.2, -0.15) is 5.26 Å². The first-order valence-electron chi connectivity index (χ1n) is 5.23. The molecule has 0 atom stereocenters. The fourth-order valence-corrected chi connectivity index (χ4v) is 1.92. The Bertz CT molecular complexity index is 662. The maximum absolute atomic E-state index is 13.6. The normalized spacial score (nSPS) is 10.2. The molecule has 0 saturated carbocycles. The summed E-state index contributed by atoms with van der Waals surface area (Å²) in [6.07, 6.45) is 0. The Labute approximate surface area is 109 Å². The van der Waals surface area contributed by atoms with Crippen LogP contribution in [-0.4, -0.2) is 9.97 Å². The minimum absolute atomic E-state index is 0.231. The summed E-state index contributed by atoms with van der Waals surface area (Å²) in [5, 5.41) is 9.25. The summed E-state index contributed by atoms with van der Waals surface area (Å²) in [6.45, 7) is 3.31. The first-order chi connectivity index (χ1) is 8.51. The van der Waals surface area contributed by atoms with Crippen molar-refractivity contribution in [1.82, 2.24) is 9.97 Å². The minimum Gasteiger partial charge on any atom is -0.233 e. The van der Waals surface area contributed by atoms with E-state index in [0.717, 1.165) is 0 Å². The zero-order valence-corrected chi connectivity index (χ0v) is 10.6. The van der Waals surface area contributed by atoms with Gasteiger partial charge in [-0.05, 0) is 31.5 Å². The molecule has 1 aromatic carbocycles. The van der Waals surface area contributed by atoms with Gasteiger partial charge in [-0.25, -0.2) is 14.4 Å². The third-order valence-corrected chi connectivity index (χ3v) is 2.79. The molecule has 0 saturated heterocycles. The van der Waals surface area contributed by atoms with Gasteiger partial charge in [0.1, 0.15) is 23.4 Å². The summed E-state index contributed by atoms with van der Waals surface area (Å²) in [5.41, 5.74) is 1.61. The number of rotatable bonds is 1. The fourth-order valence-electron chi connectivity index (χ4n) is 1.61. The molecule has 5 heteroatoms. The van der Waals surface area contributed by atoms with Gasteiger partial charge in [-0.15, -0.1) is 0 Å². The van der Waals surface area contributed by atoms with Crippen LogP contribution in [0, 0.1) is 31.0 Å². The van der Waals surface area contributed by atoms with Gasteiger partial charge >= 0.3 is 0 Å². The molecule has 2 rings (SSSR count). The van der Waals surface area contributed by atoms with Crippen molar-refractivity contribution in [3.8, 4) is 17.3 Å². The monoisotopic (exact) mass is 261 g/mol. The maximum atomic E-state index is 13.6. The van der Waals surface area contributed by atoms with E-state index in [1.54, 1.807) is 13.8 Å². The molecule has 0 spiro atoms. The summed E-state index contributed by atoms with van der Waals surface area (Å²) in [4.78, 5) is 8.11. The first kappa shape index (κ1) is 12.5. The van der Waals surface area contributed by atoms with Crippen LogP contribution < -0.4 is 0 Å². The molecular weight excluding hydrogens is 253 g/mol. The lowest BCUT2D eigenvalue weighted by Crippen LogP contribution is -1.96. The zero-order chi connectivity index (χ0) is 13.3. The van der Waals surface area contributed by atoms with E-state index in [1.807, 2.05) is 6.07 Å². The number of halogens is 2. The molecular formula is C13H9ClFN3. The lowest BCUT2D eigenvalue weighted by molar-refractivity contribution is 0.619. The van der Waals surface area contributed by atoms with Crippen molar-refractivity contribution < 1.29 is 4.39 Å². The molecule has 18 heavy (non-hydrogen) atoms. The fraction of sp³-hybridized carbons (Fsp3) is 0.154. The van der Waals surface area contributed by atoms with Gasteiger partial charge in [-0.3, -0.25) is 0 Å². The SMILES string of the molecule is Cc1nc(C#N)cc(-c2cc(F)c(C)cc2Cl)n1. The number of nitrogens with zero attached hydrogens (tertiary/aromatic N) is 3. The Morgan fingerprint density at radius 3 is 2.61 bits per heavy atom. The van der Waals surface area contributed by atoms with Gasteiger partial charge in [0.15, 0.2) is 0 Å². The minimum atomic E-state index is -0.357. The second-order valence-corrected chi connectivity index (χ2v) is 4.29. The Kier molecular flexibility index (Phi) is 3.26. The van der Waals surface area contributed by atoms with Gasteiger partial charge < -0.3 is 0 Å². The van der Waals surface area contributed by atoms with Crippen LogP contribution in [0.25, 0.3) is 11.3 Å². The van der Waals surface area contributed by atoms with E-state index in [0.29, 0.717) is 27.7 Å². The van der Waals surface area contributed by atoms with Crippen molar-refractivity contribution in [3.05, 3.63) is 46.1 Å². The standard InChI is InChI=1S/C13H9ClFN3/c1-7-3-11(14)10(5-12(7)15)13-4-9(6-16)17-8(2)18-13/h3-5H,1-2H3. The third-order valence-electron chi connectivity index (χ3n) is 2.48. The predicted octanol–water partition coefficient (Wildman–Crippen LogP) is 3.42. The van der Waals surface area contributed by atoms with Crippen molar-refractivity contribution in [1.29, 1.82) is 5.26 Å². The van der Waals surface area contributed by atoms with Crippen LogP contribution in [0.15, 0.2) is 18.2 Å². The predicted molar refractivity (Wildman–Crippen MR) is 66.6 cm³/mol. The highest BCUT2D eigenvalue weighted by Gasteiger charge is 2.11. The lowest BCUT2D eigenvalue weighted by atomic mass is 10.1. The Balaban J connectivity index is 2.66. The smallest absolute Gasteiger partial charge is 0.144 e. The number of aryl methyl sites for hydroxylation is 2. The molecule has 0 aliphatic carbocycles. The van der Waals surface area contributed by atoms with Crippen molar-refractivity contribution >= 4 is 11.6 Å². The van der Waals surface area contributed by atoms with E-state index in [2.05, 4.69) is 9.97 Å². The van der Waals surface area contributed by atoms with E-state index in [9.17, 15) is 4.39 Å². The highest BCUT2D eigenvalue weighted by molar-refractivity contribution is 6.33. The molecule has 2 aromatic rings. The van der Waals surface area contributed by atoms with Gasteiger partial charge in [-0.1, -0.05) is 11.6 Å². The van der Waals surface area contributed by atoms with Crippen molar-refractivity contribution in [2.24, 2.45) is 0 Å². The summed E-state index contributed by atoms with van der Waals surface area (Å²) >= 11 is 6.07. The molecule has 0 bridgehead atoms. The van der Waals surface area contributed by atoms with Crippen LogP contribution in [-0.2, 0) is 0 Å². The third kappa shape index (κ3) is 2.31. The van der Waals surface area contributed by atoms with Crippen molar-refractivity contribution in [2.75, 3.05) is 0 Å². The Morgan fingerprint density at radius 1 is 1.22 bits per heavy atom. The molecule has 1 aromatic heterocycles. The van der Waals surface area contributed by atoms with E-state index < -0.39 is 0 Å². The molecule has 0 aliphatic rings. The van der Waals surface area contributed by atoms with Gasteiger partial charge in [0.05, 0.1) is 10.7 Å². The number of aromatic nitrogens is 2. The summed E-state index contributed by atoms with van der Waals surface area (Å²) < 4.78 is 13.6. The molecule has 90 valence electrons. The average Bonchev–Trinajstić information content (AvgIpc) is 2.33. The summed E-state index contributed by atoms with van der Waals surface area (Å²) in [6, 6.07) is 6.28. The molecule has 1 heterocycles. The molecule has 0 N–H and O–H groups in total. The van der Waals surface area contributed by atoms with Gasteiger partial charge in [0.2, 0.25) is 0 Å². The van der Waals surface area contributed by atoms with Crippen LogP contribution in [0.5, 0.6) is 0 Å². The quantitative estimate of drug-likeness (QED) is 0.790. The Morgan fingerprint density at radius 2 is 1.94 bits per heavy atom.